The third-order valence-corrected chi connectivity index (χ3v) is 4.28. The highest BCUT2D eigenvalue weighted by Crippen LogP contribution is 2.17. The molecule has 3 aromatic rings. The number of carbonyl (C=O) groups excluding carboxylic acids is 1. The Kier molecular flexibility index (Phi) is 5.60. The van der Waals surface area contributed by atoms with Crippen LogP contribution in [0.15, 0.2) is 38.5 Å². The molecule has 0 unspecified atom stereocenters. The van der Waals surface area contributed by atoms with Crippen molar-refractivity contribution in [2.24, 2.45) is 5.10 Å². The quantitative estimate of drug-likeness (QED) is 0.449. The van der Waals surface area contributed by atoms with E-state index in [-0.39, 0.29) is 17.3 Å². The van der Waals surface area contributed by atoms with E-state index >= 15 is 0 Å². The molecule has 27 heavy (non-hydrogen) atoms. The van der Waals surface area contributed by atoms with E-state index in [4.69, 9.17) is 5.73 Å². The molecule has 0 fully saturated rings. The fraction of sp³-hybridized carbons (Fsp3) is 0.250. The van der Waals surface area contributed by atoms with E-state index in [1.807, 2.05) is 31.2 Å². The lowest BCUT2D eigenvalue weighted by Gasteiger charge is -2.05. The van der Waals surface area contributed by atoms with Crippen LogP contribution in [-0.4, -0.2) is 36.9 Å². The van der Waals surface area contributed by atoms with Gasteiger partial charge < -0.3 is 5.73 Å². The van der Waals surface area contributed by atoms with Crippen LogP contribution in [0, 0.1) is 0 Å². The van der Waals surface area contributed by atoms with E-state index in [0.717, 1.165) is 16.5 Å². The van der Waals surface area contributed by atoms with Crippen molar-refractivity contribution in [2.75, 3.05) is 5.73 Å². The molecule has 0 aliphatic heterocycles. The Morgan fingerprint density at radius 2 is 2.07 bits per heavy atom. The fourth-order valence-electron chi connectivity index (χ4n) is 2.39. The van der Waals surface area contributed by atoms with Crippen molar-refractivity contribution in [3.05, 3.63) is 45.7 Å². The van der Waals surface area contributed by atoms with Crippen molar-refractivity contribution in [1.82, 2.24) is 30.7 Å². The maximum absolute atomic E-state index is 12.6. The molecule has 0 saturated heterocycles. The predicted molar refractivity (Wildman–Crippen MR) is 101 cm³/mol. The SMILES string of the molecule is CCCc1c(C(=O)N/N=C(/C)c2ccc(Br)cc2)nnn1-c1nonc1N. The average Bonchev–Trinajstić information content (AvgIpc) is 3.26. The number of aromatic nitrogens is 5. The summed E-state index contributed by atoms with van der Waals surface area (Å²) in [4.78, 5) is 12.6. The van der Waals surface area contributed by atoms with Crippen molar-refractivity contribution >= 4 is 33.4 Å². The summed E-state index contributed by atoms with van der Waals surface area (Å²) >= 11 is 3.38. The number of amides is 1. The third kappa shape index (κ3) is 4.03. The van der Waals surface area contributed by atoms with Crippen molar-refractivity contribution < 1.29 is 9.42 Å². The first kappa shape index (κ1) is 18.7. The van der Waals surface area contributed by atoms with Gasteiger partial charge in [-0.3, -0.25) is 4.79 Å². The molecule has 11 heteroatoms. The summed E-state index contributed by atoms with van der Waals surface area (Å²) in [6.45, 7) is 3.77. The lowest BCUT2D eigenvalue weighted by atomic mass is 10.1. The second-order valence-corrected chi connectivity index (χ2v) is 6.58. The van der Waals surface area contributed by atoms with Gasteiger partial charge in [0.15, 0.2) is 5.69 Å². The number of nitrogens with two attached hydrogens (primary N) is 1. The minimum atomic E-state index is -0.476. The standard InChI is InChI=1S/C16H17BrN8O2/c1-3-4-12-13(20-24-25(12)15-14(18)22-27-23-15)16(26)21-19-9(2)10-5-7-11(17)8-6-10/h5-8H,3-4H2,1-2H3,(H2,18,22)(H,21,26)/b19-9-. The van der Waals surface area contributed by atoms with Crippen LogP contribution in [0.25, 0.3) is 5.82 Å². The second kappa shape index (κ2) is 8.08. The summed E-state index contributed by atoms with van der Waals surface area (Å²) < 4.78 is 6.92. The normalized spacial score (nSPS) is 11.6. The molecule has 0 bridgehead atoms. The average molecular weight is 433 g/mol. The third-order valence-electron chi connectivity index (χ3n) is 3.75. The van der Waals surface area contributed by atoms with E-state index in [0.29, 0.717) is 17.8 Å². The first-order valence-electron chi connectivity index (χ1n) is 8.14. The molecule has 0 saturated carbocycles. The molecule has 0 atom stereocenters. The molecule has 2 heterocycles. The van der Waals surface area contributed by atoms with Gasteiger partial charge in [0.05, 0.1) is 11.4 Å². The van der Waals surface area contributed by atoms with E-state index in [9.17, 15) is 4.79 Å². The van der Waals surface area contributed by atoms with Crippen LogP contribution in [0.4, 0.5) is 5.82 Å². The number of nitrogens with zero attached hydrogens (tertiary/aromatic N) is 6. The van der Waals surface area contributed by atoms with Gasteiger partial charge in [-0.2, -0.15) is 9.78 Å². The summed E-state index contributed by atoms with van der Waals surface area (Å²) in [7, 11) is 0. The molecular formula is C16H17BrN8O2. The summed E-state index contributed by atoms with van der Waals surface area (Å²) in [5.41, 5.74) is 10.5. The Bertz CT molecular complexity index is 977. The predicted octanol–water partition coefficient (Wildman–Crippen LogP) is 2.10. The first-order chi connectivity index (χ1) is 13.0. The van der Waals surface area contributed by atoms with Gasteiger partial charge >= 0.3 is 0 Å². The zero-order valence-corrected chi connectivity index (χ0v) is 16.3. The van der Waals surface area contributed by atoms with Gasteiger partial charge in [-0.15, -0.1) is 5.10 Å². The molecule has 0 aliphatic rings. The summed E-state index contributed by atoms with van der Waals surface area (Å²) in [6, 6.07) is 7.59. The molecular weight excluding hydrogens is 416 g/mol. The smallest absolute Gasteiger partial charge is 0.293 e. The Morgan fingerprint density at radius 3 is 2.70 bits per heavy atom. The number of nitrogen functional groups attached to an aromatic ring is 1. The number of carbonyl (C=O) groups is 1. The molecule has 3 N–H and O–H groups in total. The van der Waals surface area contributed by atoms with Crippen LogP contribution >= 0.6 is 15.9 Å². The molecule has 3 rings (SSSR count). The zero-order chi connectivity index (χ0) is 19.4. The van der Waals surface area contributed by atoms with Crippen LogP contribution in [0.3, 0.4) is 0 Å². The van der Waals surface area contributed by atoms with Gasteiger partial charge in [0.1, 0.15) is 0 Å². The highest BCUT2D eigenvalue weighted by molar-refractivity contribution is 9.10. The molecule has 0 spiro atoms. The molecule has 1 aromatic carbocycles. The van der Waals surface area contributed by atoms with Crippen LogP contribution in [-0.2, 0) is 6.42 Å². The Morgan fingerprint density at radius 1 is 1.33 bits per heavy atom. The second-order valence-electron chi connectivity index (χ2n) is 5.66. The summed E-state index contributed by atoms with van der Waals surface area (Å²) in [5, 5.41) is 19.3. The molecule has 0 aliphatic carbocycles. The van der Waals surface area contributed by atoms with Crippen LogP contribution in [0.1, 0.15) is 42.0 Å². The van der Waals surface area contributed by atoms with Gasteiger partial charge in [-0.05, 0) is 41.4 Å². The lowest BCUT2D eigenvalue weighted by molar-refractivity contribution is 0.0948. The fourth-order valence-corrected chi connectivity index (χ4v) is 2.65. The van der Waals surface area contributed by atoms with E-state index in [1.165, 1.54) is 4.68 Å². The zero-order valence-electron chi connectivity index (χ0n) is 14.7. The van der Waals surface area contributed by atoms with Crippen molar-refractivity contribution in [1.29, 1.82) is 0 Å². The van der Waals surface area contributed by atoms with Gasteiger partial charge in [0.2, 0.25) is 11.6 Å². The molecule has 1 amide bonds. The minimum absolute atomic E-state index is 0.0633. The number of benzene rings is 1. The van der Waals surface area contributed by atoms with Crippen molar-refractivity contribution in [3.63, 3.8) is 0 Å². The van der Waals surface area contributed by atoms with Crippen LogP contribution in [0.2, 0.25) is 0 Å². The number of anilines is 1. The first-order valence-corrected chi connectivity index (χ1v) is 8.94. The number of halogens is 1. The Hall–Kier alpha value is -3.08. The van der Waals surface area contributed by atoms with Crippen LogP contribution in [0.5, 0.6) is 0 Å². The summed E-state index contributed by atoms with van der Waals surface area (Å²) in [5.74, 6) is -0.218. The van der Waals surface area contributed by atoms with Gasteiger partial charge in [0.25, 0.3) is 5.91 Å². The molecule has 2 aromatic heterocycles. The number of hydrogen-bond acceptors (Lipinski definition) is 8. The van der Waals surface area contributed by atoms with E-state index in [1.54, 1.807) is 6.92 Å². The molecule has 0 radical (unpaired) electrons. The highest BCUT2D eigenvalue weighted by atomic mass is 79.9. The van der Waals surface area contributed by atoms with Crippen molar-refractivity contribution in [3.8, 4) is 5.82 Å². The maximum Gasteiger partial charge on any atom is 0.293 e. The lowest BCUT2D eigenvalue weighted by Crippen LogP contribution is -2.21. The monoisotopic (exact) mass is 432 g/mol. The summed E-state index contributed by atoms with van der Waals surface area (Å²) in [6.07, 6.45) is 1.30. The maximum atomic E-state index is 12.6. The number of rotatable bonds is 6. The van der Waals surface area contributed by atoms with Crippen molar-refractivity contribution in [2.45, 2.75) is 26.7 Å². The number of nitrogens with one attached hydrogen (secondary N) is 1. The number of hydrazone groups is 1. The highest BCUT2D eigenvalue weighted by Gasteiger charge is 2.23. The Labute approximate surface area is 162 Å². The van der Waals surface area contributed by atoms with E-state index < -0.39 is 5.91 Å². The Balaban J connectivity index is 1.84. The van der Waals surface area contributed by atoms with Crippen LogP contribution < -0.4 is 11.2 Å². The van der Waals surface area contributed by atoms with E-state index in [2.05, 4.69) is 51.7 Å². The molecule has 140 valence electrons. The number of hydrogen-bond donors (Lipinski definition) is 2. The topological polar surface area (TPSA) is 137 Å². The van der Waals surface area contributed by atoms with Gasteiger partial charge in [-0.1, -0.05) is 46.6 Å². The largest absolute Gasteiger partial charge is 0.378 e. The molecule has 10 nitrogen and oxygen atoms in total. The van der Waals surface area contributed by atoms with Gasteiger partial charge in [-0.25, -0.2) is 10.1 Å². The van der Waals surface area contributed by atoms with Gasteiger partial charge in [0, 0.05) is 4.47 Å². The minimum Gasteiger partial charge on any atom is -0.378 e.